The van der Waals surface area contributed by atoms with Gasteiger partial charge in [-0.2, -0.15) is 0 Å². The molecule has 0 saturated carbocycles. The molecule has 0 nitrogen and oxygen atoms in total. The molecule has 1 atom stereocenters. The Kier molecular flexibility index (Phi) is 1.92. The number of aryl methyl sites for hydroxylation is 2. The van der Waals surface area contributed by atoms with E-state index in [1.54, 1.807) is 11.1 Å². The SMILES string of the molecule is CCC1CCc2ccc(C)cc21. The molecule has 0 bridgehead atoms. The van der Waals surface area contributed by atoms with Gasteiger partial charge in [-0.15, -0.1) is 0 Å². The summed E-state index contributed by atoms with van der Waals surface area (Å²) in [7, 11) is 0. The van der Waals surface area contributed by atoms with Gasteiger partial charge in [0.05, 0.1) is 0 Å². The summed E-state index contributed by atoms with van der Waals surface area (Å²) in [6, 6.07) is 6.91. The molecule has 0 N–H and O–H groups in total. The van der Waals surface area contributed by atoms with Crippen LogP contribution in [0.5, 0.6) is 0 Å². The highest BCUT2D eigenvalue weighted by molar-refractivity contribution is 5.37. The maximum Gasteiger partial charge on any atom is -0.0159 e. The van der Waals surface area contributed by atoms with Crippen LogP contribution in [-0.4, -0.2) is 0 Å². The van der Waals surface area contributed by atoms with Crippen LogP contribution in [0.3, 0.4) is 0 Å². The summed E-state index contributed by atoms with van der Waals surface area (Å²) in [6.45, 7) is 4.48. The van der Waals surface area contributed by atoms with Crippen molar-refractivity contribution >= 4 is 0 Å². The minimum atomic E-state index is 0.847. The van der Waals surface area contributed by atoms with E-state index in [4.69, 9.17) is 0 Å². The van der Waals surface area contributed by atoms with Crippen molar-refractivity contribution in [3.05, 3.63) is 34.9 Å². The summed E-state index contributed by atoms with van der Waals surface area (Å²) >= 11 is 0. The summed E-state index contributed by atoms with van der Waals surface area (Å²) in [6.07, 6.45) is 3.97. The topological polar surface area (TPSA) is 0 Å². The molecule has 0 spiro atoms. The zero-order valence-electron chi connectivity index (χ0n) is 7.93. The highest BCUT2D eigenvalue weighted by atomic mass is 14.2. The second-order valence-corrected chi connectivity index (χ2v) is 3.85. The van der Waals surface area contributed by atoms with Crippen molar-refractivity contribution in [1.29, 1.82) is 0 Å². The van der Waals surface area contributed by atoms with Crippen LogP contribution < -0.4 is 0 Å². The van der Waals surface area contributed by atoms with Crippen LogP contribution in [0.15, 0.2) is 18.2 Å². The van der Waals surface area contributed by atoms with Crippen LogP contribution in [0.25, 0.3) is 0 Å². The van der Waals surface area contributed by atoms with E-state index >= 15 is 0 Å². The van der Waals surface area contributed by atoms with Crippen molar-refractivity contribution in [3.8, 4) is 0 Å². The lowest BCUT2D eigenvalue weighted by Crippen LogP contribution is -1.90. The Hall–Kier alpha value is -0.780. The number of hydrogen-bond acceptors (Lipinski definition) is 0. The first-order valence-electron chi connectivity index (χ1n) is 4.90. The molecule has 1 aliphatic carbocycles. The van der Waals surface area contributed by atoms with Crippen molar-refractivity contribution in [2.75, 3.05) is 0 Å². The third kappa shape index (κ3) is 1.16. The fourth-order valence-corrected chi connectivity index (χ4v) is 2.23. The molecule has 1 unspecified atom stereocenters. The van der Waals surface area contributed by atoms with Gasteiger partial charge in [-0.05, 0) is 43.2 Å². The molecule has 0 radical (unpaired) electrons. The van der Waals surface area contributed by atoms with Crippen molar-refractivity contribution in [1.82, 2.24) is 0 Å². The average molecular weight is 160 g/mol. The molecule has 1 aromatic carbocycles. The number of rotatable bonds is 1. The van der Waals surface area contributed by atoms with Gasteiger partial charge in [0.15, 0.2) is 0 Å². The lowest BCUT2D eigenvalue weighted by Gasteiger charge is -2.08. The predicted octanol–water partition coefficient (Wildman–Crippen LogP) is 3.43. The Bertz CT molecular complexity index is 286. The highest BCUT2D eigenvalue weighted by Gasteiger charge is 2.19. The quantitative estimate of drug-likeness (QED) is 0.590. The summed E-state index contributed by atoms with van der Waals surface area (Å²) in [5.41, 5.74) is 4.62. The number of hydrogen-bond donors (Lipinski definition) is 0. The van der Waals surface area contributed by atoms with E-state index in [0.717, 1.165) is 5.92 Å². The largest absolute Gasteiger partial charge is 0.0648 e. The zero-order chi connectivity index (χ0) is 8.55. The molecule has 64 valence electrons. The van der Waals surface area contributed by atoms with Crippen LogP contribution in [0.2, 0.25) is 0 Å². The van der Waals surface area contributed by atoms with Gasteiger partial charge in [-0.1, -0.05) is 30.7 Å². The van der Waals surface area contributed by atoms with E-state index in [9.17, 15) is 0 Å². The van der Waals surface area contributed by atoms with E-state index in [0.29, 0.717) is 0 Å². The van der Waals surface area contributed by atoms with Gasteiger partial charge in [-0.25, -0.2) is 0 Å². The Morgan fingerprint density at radius 1 is 1.42 bits per heavy atom. The Morgan fingerprint density at radius 2 is 2.25 bits per heavy atom. The van der Waals surface area contributed by atoms with Gasteiger partial charge < -0.3 is 0 Å². The van der Waals surface area contributed by atoms with E-state index in [2.05, 4.69) is 32.0 Å². The second kappa shape index (κ2) is 2.93. The molecule has 0 aromatic heterocycles. The summed E-state index contributed by atoms with van der Waals surface area (Å²) in [5, 5.41) is 0. The fraction of sp³-hybridized carbons (Fsp3) is 0.500. The van der Waals surface area contributed by atoms with E-state index in [1.165, 1.54) is 24.8 Å². The Labute approximate surface area is 74.6 Å². The molecule has 1 aromatic rings. The summed E-state index contributed by atoms with van der Waals surface area (Å²) < 4.78 is 0. The molecule has 1 aliphatic rings. The molecule has 0 saturated heterocycles. The van der Waals surface area contributed by atoms with Crippen molar-refractivity contribution in [3.63, 3.8) is 0 Å². The Morgan fingerprint density at radius 3 is 3.00 bits per heavy atom. The van der Waals surface area contributed by atoms with Gasteiger partial charge in [0.2, 0.25) is 0 Å². The molecule has 0 amide bonds. The molecule has 12 heavy (non-hydrogen) atoms. The van der Waals surface area contributed by atoms with Crippen LogP contribution in [0.1, 0.15) is 42.4 Å². The van der Waals surface area contributed by atoms with Gasteiger partial charge in [0.25, 0.3) is 0 Å². The monoisotopic (exact) mass is 160 g/mol. The maximum absolute atomic E-state index is 2.37. The first-order chi connectivity index (χ1) is 5.81. The first-order valence-corrected chi connectivity index (χ1v) is 4.90. The van der Waals surface area contributed by atoms with Crippen LogP contribution in [-0.2, 0) is 6.42 Å². The number of benzene rings is 1. The maximum atomic E-state index is 2.37. The van der Waals surface area contributed by atoms with Crippen LogP contribution >= 0.6 is 0 Å². The molecule has 0 heteroatoms. The number of fused-ring (bicyclic) bond motifs is 1. The normalized spacial score (nSPS) is 21.0. The zero-order valence-corrected chi connectivity index (χ0v) is 7.93. The second-order valence-electron chi connectivity index (χ2n) is 3.85. The third-order valence-electron chi connectivity index (χ3n) is 3.00. The minimum absolute atomic E-state index is 0.847. The molecule has 0 fully saturated rings. The first kappa shape index (κ1) is 7.85. The summed E-state index contributed by atoms with van der Waals surface area (Å²) in [4.78, 5) is 0. The highest BCUT2D eigenvalue weighted by Crippen LogP contribution is 2.35. The molecule has 2 rings (SSSR count). The van der Waals surface area contributed by atoms with Crippen molar-refractivity contribution in [2.45, 2.75) is 39.0 Å². The van der Waals surface area contributed by atoms with E-state index in [1.807, 2.05) is 0 Å². The smallest absolute Gasteiger partial charge is 0.0159 e. The third-order valence-corrected chi connectivity index (χ3v) is 3.00. The molecular formula is C12H16. The van der Waals surface area contributed by atoms with Crippen LogP contribution in [0.4, 0.5) is 0 Å². The lowest BCUT2D eigenvalue weighted by molar-refractivity contribution is 0.656. The van der Waals surface area contributed by atoms with Gasteiger partial charge in [0.1, 0.15) is 0 Å². The van der Waals surface area contributed by atoms with Crippen molar-refractivity contribution < 1.29 is 0 Å². The molecule has 0 aliphatic heterocycles. The minimum Gasteiger partial charge on any atom is -0.0648 e. The fourth-order valence-electron chi connectivity index (χ4n) is 2.23. The van der Waals surface area contributed by atoms with E-state index < -0.39 is 0 Å². The standard InChI is InChI=1S/C12H16/c1-3-10-6-7-11-5-4-9(2)8-12(10)11/h4-5,8,10H,3,6-7H2,1-2H3. The lowest BCUT2D eigenvalue weighted by atomic mass is 9.97. The van der Waals surface area contributed by atoms with Gasteiger partial charge in [0, 0.05) is 0 Å². The van der Waals surface area contributed by atoms with E-state index in [-0.39, 0.29) is 0 Å². The average Bonchev–Trinajstić information content (AvgIpc) is 2.46. The summed E-state index contributed by atoms with van der Waals surface area (Å²) in [5.74, 6) is 0.847. The Balaban J connectivity index is 2.42. The van der Waals surface area contributed by atoms with Gasteiger partial charge in [-0.3, -0.25) is 0 Å². The predicted molar refractivity (Wildman–Crippen MR) is 52.5 cm³/mol. The molecule has 0 heterocycles. The van der Waals surface area contributed by atoms with Crippen molar-refractivity contribution in [2.24, 2.45) is 0 Å². The van der Waals surface area contributed by atoms with Gasteiger partial charge >= 0.3 is 0 Å². The van der Waals surface area contributed by atoms with Crippen LogP contribution in [0, 0.1) is 6.92 Å². The molecular weight excluding hydrogens is 144 g/mol.